The molecule has 0 aliphatic carbocycles. The Labute approximate surface area is 129 Å². The minimum absolute atomic E-state index is 0.00298. The van der Waals surface area contributed by atoms with Gasteiger partial charge in [0.1, 0.15) is 6.04 Å². The van der Waals surface area contributed by atoms with Crippen LogP contribution in [0.2, 0.25) is 0 Å². The Morgan fingerprint density at radius 1 is 1.14 bits per heavy atom. The van der Waals surface area contributed by atoms with Crippen molar-refractivity contribution in [2.45, 2.75) is 32.7 Å². The monoisotopic (exact) mass is 306 g/mol. The molecule has 0 heterocycles. The van der Waals surface area contributed by atoms with Crippen LogP contribution in [0.3, 0.4) is 0 Å². The average molecular weight is 306 g/mol. The molecule has 6 nitrogen and oxygen atoms in total. The number of hydrogen-bond acceptors (Lipinski definition) is 3. The van der Waals surface area contributed by atoms with Crippen molar-refractivity contribution < 1.29 is 19.5 Å². The number of carbonyl (C=O) groups excluding carboxylic acids is 2. The van der Waals surface area contributed by atoms with E-state index < -0.39 is 12.0 Å². The molecule has 2 amide bonds. The molecule has 120 valence electrons. The molecule has 0 aromatic heterocycles. The molecule has 0 spiro atoms. The minimum Gasteiger partial charge on any atom is -0.481 e. The normalized spacial score (nSPS) is 11.8. The van der Waals surface area contributed by atoms with Crippen molar-refractivity contribution in [1.29, 1.82) is 0 Å². The van der Waals surface area contributed by atoms with Crippen LogP contribution in [0, 0.1) is 5.92 Å². The average Bonchev–Trinajstić information content (AvgIpc) is 2.49. The Bertz CT molecular complexity index is 514. The number of benzene rings is 1. The maximum Gasteiger partial charge on any atom is 0.303 e. The standard InChI is InChI=1S/C16H22N2O4/c1-11(2)14(16(22)17-10-6-9-13(19)20)18-15(21)12-7-4-3-5-8-12/h3-5,7-8,11,14H,6,9-10H2,1-2H3,(H,17,22)(H,18,21)(H,19,20). The van der Waals surface area contributed by atoms with E-state index in [4.69, 9.17) is 5.11 Å². The lowest BCUT2D eigenvalue weighted by molar-refractivity contribution is -0.137. The van der Waals surface area contributed by atoms with Crippen molar-refractivity contribution in [3.8, 4) is 0 Å². The number of hydrogen-bond donors (Lipinski definition) is 3. The number of nitrogens with one attached hydrogen (secondary N) is 2. The lowest BCUT2D eigenvalue weighted by Gasteiger charge is -2.21. The number of rotatable bonds is 8. The molecule has 0 bridgehead atoms. The topological polar surface area (TPSA) is 95.5 Å². The van der Waals surface area contributed by atoms with Crippen molar-refractivity contribution in [2.24, 2.45) is 5.92 Å². The highest BCUT2D eigenvalue weighted by molar-refractivity contribution is 5.97. The van der Waals surface area contributed by atoms with Crippen molar-refractivity contribution >= 4 is 17.8 Å². The second-order valence-electron chi connectivity index (χ2n) is 5.35. The predicted molar refractivity (Wildman–Crippen MR) is 82.4 cm³/mol. The van der Waals surface area contributed by atoms with E-state index in [-0.39, 0.29) is 30.7 Å². The van der Waals surface area contributed by atoms with Gasteiger partial charge in [-0.15, -0.1) is 0 Å². The summed E-state index contributed by atoms with van der Waals surface area (Å²) in [7, 11) is 0. The molecule has 0 aliphatic rings. The van der Waals surface area contributed by atoms with E-state index in [0.717, 1.165) is 0 Å². The quantitative estimate of drug-likeness (QED) is 0.633. The molecule has 1 aromatic carbocycles. The van der Waals surface area contributed by atoms with Crippen LogP contribution in [0.15, 0.2) is 30.3 Å². The predicted octanol–water partition coefficient (Wildman–Crippen LogP) is 1.42. The fraction of sp³-hybridized carbons (Fsp3) is 0.438. The Hall–Kier alpha value is -2.37. The van der Waals surface area contributed by atoms with Crippen LogP contribution in [0.5, 0.6) is 0 Å². The molecule has 22 heavy (non-hydrogen) atoms. The molecule has 1 atom stereocenters. The summed E-state index contributed by atoms with van der Waals surface area (Å²) in [6.45, 7) is 3.95. The lowest BCUT2D eigenvalue weighted by Crippen LogP contribution is -2.49. The van der Waals surface area contributed by atoms with E-state index >= 15 is 0 Å². The molecule has 1 aromatic rings. The van der Waals surface area contributed by atoms with Gasteiger partial charge in [0.15, 0.2) is 0 Å². The van der Waals surface area contributed by atoms with Crippen LogP contribution in [-0.4, -0.2) is 35.5 Å². The van der Waals surface area contributed by atoms with E-state index in [1.807, 2.05) is 19.9 Å². The summed E-state index contributed by atoms with van der Waals surface area (Å²) in [5.74, 6) is -1.58. The van der Waals surface area contributed by atoms with Crippen LogP contribution < -0.4 is 10.6 Å². The van der Waals surface area contributed by atoms with E-state index in [9.17, 15) is 14.4 Å². The number of carboxylic acid groups (broad SMARTS) is 1. The first-order valence-electron chi connectivity index (χ1n) is 7.27. The first kappa shape index (κ1) is 17.7. The molecule has 1 unspecified atom stereocenters. The molecule has 1 rings (SSSR count). The summed E-state index contributed by atoms with van der Waals surface area (Å²) in [5, 5.41) is 13.9. The molecule has 0 fully saturated rings. The van der Waals surface area contributed by atoms with E-state index in [2.05, 4.69) is 10.6 Å². The van der Waals surface area contributed by atoms with Crippen LogP contribution in [-0.2, 0) is 9.59 Å². The zero-order valence-corrected chi connectivity index (χ0v) is 12.8. The van der Waals surface area contributed by atoms with Gasteiger partial charge in [-0.3, -0.25) is 14.4 Å². The number of aliphatic carboxylic acids is 1. The summed E-state index contributed by atoms with van der Waals surface area (Å²) < 4.78 is 0. The van der Waals surface area contributed by atoms with Crippen molar-refractivity contribution in [3.05, 3.63) is 35.9 Å². The van der Waals surface area contributed by atoms with Crippen molar-refractivity contribution in [3.63, 3.8) is 0 Å². The summed E-state index contributed by atoms with van der Waals surface area (Å²) >= 11 is 0. The zero-order chi connectivity index (χ0) is 16.5. The second-order valence-corrected chi connectivity index (χ2v) is 5.35. The smallest absolute Gasteiger partial charge is 0.303 e. The van der Waals surface area contributed by atoms with Gasteiger partial charge in [-0.1, -0.05) is 32.0 Å². The Kier molecular flexibility index (Phi) is 7.08. The van der Waals surface area contributed by atoms with Gasteiger partial charge >= 0.3 is 5.97 Å². The van der Waals surface area contributed by atoms with E-state index in [1.54, 1.807) is 24.3 Å². The third kappa shape index (κ3) is 5.95. The zero-order valence-electron chi connectivity index (χ0n) is 12.8. The Morgan fingerprint density at radius 3 is 2.32 bits per heavy atom. The van der Waals surface area contributed by atoms with Gasteiger partial charge in [0.05, 0.1) is 0 Å². The molecule has 0 aliphatic heterocycles. The van der Waals surface area contributed by atoms with Gasteiger partial charge in [-0.05, 0) is 24.5 Å². The maximum absolute atomic E-state index is 12.1. The van der Waals surface area contributed by atoms with Crippen molar-refractivity contribution in [1.82, 2.24) is 10.6 Å². The number of carboxylic acids is 1. The second kappa shape index (κ2) is 8.81. The summed E-state index contributed by atoms with van der Waals surface area (Å²) in [4.78, 5) is 34.7. The summed E-state index contributed by atoms with van der Waals surface area (Å²) in [5.41, 5.74) is 0.492. The molecule has 0 saturated carbocycles. The third-order valence-electron chi connectivity index (χ3n) is 3.14. The maximum atomic E-state index is 12.1. The highest BCUT2D eigenvalue weighted by Gasteiger charge is 2.24. The van der Waals surface area contributed by atoms with Gasteiger partial charge in [0.2, 0.25) is 5.91 Å². The number of carbonyl (C=O) groups is 3. The first-order chi connectivity index (χ1) is 10.4. The third-order valence-corrected chi connectivity index (χ3v) is 3.14. The molecular formula is C16H22N2O4. The summed E-state index contributed by atoms with van der Waals surface area (Å²) in [6.07, 6.45) is 0.363. The van der Waals surface area contributed by atoms with Crippen LogP contribution in [0.1, 0.15) is 37.0 Å². The highest BCUT2D eigenvalue weighted by atomic mass is 16.4. The Morgan fingerprint density at radius 2 is 1.77 bits per heavy atom. The lowest BCUT2D eigenvalue weighted by atomic mass is 10.0. The van der Waals surface area contributed by atoms with E-state index in [0.29, 0.717) is 12.0 Å². The van der Waals surface area contributed by atoms with Gasteiger partial charge in [-0.2, -0.15) is 0 Å². The Balaban J connectivity index is 2.56. The fourth-order valence-electron chi connectivity index (χ4n) is 1.91. The van der Waals surface area contributed by atoms with Gasteiger partial charge in [-0.25, -0.2) is 0 Å². The fourth-order valence-corrected chi connectivity index (χ4v) is 1.91. The first-order valence-corrected chi connectivity index (χ1v) is 7.27. The SMILES string of the molecule is CC(C)C(NC(=O)c1ccccc1)C(=O)NCCCC(=O)O. The number of amides is 2. The molecule has 0 saturated heterocycles. The van der Waals surface area contributed by atoms with Crippen LogP contribution in [0.4, 0.5) is 0 Å². The molecule has 0 radical (unpaired) electrons. The molecular weight excluding hydrogens is 284 g/mol. The van der Waals surface area contributed by atoms with Gasteiger partial charge in [0.25, 0.3) is 5.91 Å². The highest BCUT2D eigenvalue weighted by Crippen LogP contribution is 2.05. The largest absolute Gasteiger partial charge is 0.481 e. The van der Waals surface area contributed by atoms with Crippen molar-refractivity contribution in [2.75, 3.05) is 6.54 Å². The van der Waals surface area contributed by atoms with Gasteiger partial charge in [0, 0.05) is 18.5 Å². The van der Waals surface area contributed by atoms with Crippen LogP contribution in [0.25, 0.3) is 0 Å². The minimum atomic E-state index is -0.896. The van der Waals surface area contributed by atoms with Gasteiger partial charge < -0.3 is 15.7 Å². The van der Waals surface area contributed by atoms with Crippen LogP contribution >= 0.6 is 0 Å². The van der Waals surface area contributed by atoms with E-state index in [1.165, 1.54) is 0 Å². The molecule has 6 heteroatoms. The molecule has 3 N–H and O–H groups in total. The summed E-state index contributed by atoms with van der Waals surface area (Å²) in [6, 6.07) is 8.02.